The molecule has 0 radical (unpaired) electrons. The minimum absolute atomic E-state index is 0.308. The predicted octanol–water partition coefficient (Wildman–Crippen LogP) is 4.40. The average molecular weight is 266 g/mol. The Balaban J connectivity index is 2.06. The highest BCUT2D eigenvalue weighted by Gasteiger charge is 2.32. The van der Waals surface area contributed by atoms with Gasteiger partial charge in [-0.05, 0) is 30.6 Å². The number of hydrogen-bond acceptors (Lipinski definition) is 3. The molecule has 0 amide bonds. The fourth-order valence-corrected chi connectivity index (χ4v) is 3.50. The Hall–Kier alpha value is -0.830. The maximum absolute atomic E-state index is 10.7. The van der Waals surface area contributed by atoms with Gasteiger partial charge in [0.1, 0.15) is 11.9 Å². The SMILES string of the molecule is CC1CCC(C(C)C)C(Oc2csc(C=O)c2)C1. The van der Waals surface area contributed by atoms with Crippen molar-refractivity contribution in [2.75, 3.05) is 0 Å². The monoisotopic (exact) mass is 266 g/mol. The summed E-state index contributed by atoms with van der Waals surface area (Å²) in [5.41, 5.74) is 0. The molecule has 18 heavy (non-hydrogen) atoms. The van der Waals surface area contributed by atoms with Gasteiger partial charge in [-0.25, -0.2) is 0 Å². The number of rotatable bonds is 4. The Kier molecular flexibility index (Phi) is 4.44. The minimum Gasteiger partial charge on any atom is -0.489 e. The largest absolute Gasteiger partial charge is 0.489 e. The highest BCUT2D eigenvalue weighted by molar-refractivity contribution is 7.11. The van der Waals surface area contributed by atoms with Crippen LogP contribution in [0.5, 0.6) is 5.75 Å². The molecule has 1 aliphatic carbocycles. The first-order valence-electron chi connectivity index (χ1n) is 6.80. The maximum atomic E-state index is 10.7. The topological polar surface area (TPSA) is 26.3 Å². The molecule has 2 rings (SSSR count). The van der Waals surface area contributed by atoms with E-state index in [0.717, 1.165) is 29.3 Å². The molecule has 0 aliphatic heterocycles. The summed E-state index contributed by atoms with van der Waals surface area (Å²) in [4.78, 5) is 11.4. The molecule has 3 heteroatoms. The summed E-state index contributed by atoms with van der Waals surface area (Å²) in [5.74, 6) is 2.91. The highest BCUT2D eigenvalue weighted by atomic mass is 32.1. The van der Waals surface area contributed by atoms with Crippen LogP contribution in [0.3, 0.4) is 0 Å². The first-order chi connectivity index (χ1) is 8.60. The lowest BCUT2D eigenvalue weighted by Gasteiger charge is -2.37. The predicted molar refractivity (Wildman–Crippen MR) is 75.5 cm³/mol. The van der Waals surface area contributed by atoms with E-state index >= 15 is 0 Å². The van der Waals surface area contributed by atoms with Crippen molar-refractivity contribution in [3.8, 4) is 5.75 Å². The van der Waals surface area contributed by atoms with Crippen LogP contribution in [0, 0.1) is 17.8 Å². The summed E-state index contributed by atoms with van der Waals surface area (Å²) in [5, 5.41) is 1.94. The smallest absolute Gasteiger partial charge is 0.160 e. The van der Waals surface area contributed by atoms with E-state index in [1.807, 2.05) is 11.4 Å². The van der Waals surface area contributed by atoms with Crippen LogP contribution in [0.25, 0.3) is 0 Å². The van der Waals surface area contributed by atoms with Gasteiger partial charge >= 0.3 is 0 Å². The van der Waals surface area contributed by atoms with Crippen molar-refractivity contribution in [2.45, 2.75) is 46.1 Å². The zero-order chi connectivity index (χ0) is 13.1. The van der Waals surface area contributed by atoms with Crippen molar-refractivity contribution in [3.63, 3.8) is 0 Å². The van der Waals surface area contributed by atoms with Crippen molar-refractivity contribution in [1.29, 1.82) is 0 Å². The van der Waals surface area contributed by atoms with Gasteiger partial charge in [0.25, 0.3) is 0 Å². The second-order valence-corrected chi connectivity index (χ2v) is 6.73. The number of hydrogen-bond donors (Lipinski definition) is 0. The van der Waals surface area contributed by atoms with Gasteiger partial charge in [-0.3, -0.25) is 4.79 Å². The number of carbonyl (C=O) groups is 1. The van der Waals surface area contributed by atoms with Gasteiger partial charge in [-0.1, -0.05) is 27.2 Å². The second-order valence-electron chi connectivity index (χ2n) is 5.79. The average Bonchev–Trinajstić information content (AvgIpc) is 2.76. The standard InChI is InChI=1S/C15H22O2S/c1-10(2)14-5-4-11(3)6-15(14)17-12-7-13(8-16)18-9-12/h7-11,14-15H,4-6H2,1-3H3. The Morgan fingerprint density at radius 2 is 2.22 bits per heavy atom. The Labute approximate surface area is 113 Å². The van der Waals surface area contributed by atoms with Crippen molar-refractivity contribution < 1.29 is 9.53 Å². The molecular formula is C15H22O2S. The summed E-state index contributed by atoms with van der Waals surface area (Å²) in [6, 6.07) is 1.86. The van der Waals surface area contributed by atoms with E-state index in [9.17, 15) is 4.79 Å². The van der Waals surface area contributed by atoms with E-state index in [2.05, 4.69) is 20.8 Å². The molecule has 1 aliphatic rings. The molecule has 1 aromatic rings. The fraction of sp³-hybridized carbons (Fsp3) is 0.667. The molecule has 1 fully saturated rings. The second kappa shape index (κ2) is 5.87. The normalized spacial score (nSPS) is 28.3. The highest BCUT2D eigenvalue weighted by Crippen LogP contribution is 2.36. The van der Waals surface area contributed by atoms with Gasteiger partial charge in [0, 0.05) is 11.4 Å². The van der Waals surface area contributed by atoms with Crippen LogP contribution in [0.15, 0.2) is 11.4 Å². The minimum atomic E-state index is 0.308. The van der Waals surface area contributed by atoms with E-state index < -0.39 is 0 Å². The van der Waals surface area contributed by atoms with Gasteiger partial charge in [-0.2, -0.15) is 0 Å². The van der Waals surface area contributed by atoms with Crippen LogP contribution in [0.2, 0.25) is 0 Å². The molecule has 0 saturated heterocycles. The third-order valence-corrected chi connectivity index (χ3v) is 4.80. The molecule has 1 saturated carbocycles. The number of carbonyl (C=O) groups excluding carboxylic acids is 1. The lowest BCUT2D eigenvalue weighted by Crippen LogP contribution is -2.36. The molecule has 0 spiro atoms. The zero-order valence-corrected chi connectivity index (χ0v) is 12.2. The van der Waals surface area contributed by atoms with E-state index in [0.29, 0.717) is 17.9 Å². The molecule has 0 aromatic carbocycles. The van der Waals surface area contributed by atoms with Gasteiger partial charge in [0.15, 0.2) is 6.29 Å². The Morgan fingerprint density at radius 3 is 2.83 bits per heavy atom. The molecule has 3 unspecified atom stereocenters. The lowest BCUT2D eigenvalue weighted by atomic mass is 9.75. The third-order valence-electron chi connectivity index (χ3n) is 3.96. The van der Waals surface area contributed by atoms with Gasteiger partial charge in [0.05, 0.1) is 4.88 Å². The van der Waals surface area contributed by atoms with E-state index in [-0.39, 0.29) is 0 Å². The van der Waals surface area contributed by atoms with Crippen LogP contribution in [-0.2, 0) is 0 Å². The molecule has 1 aromatic heterocycles. The number of ether oxygens (including phenoxy) is 1. The quantitative estimate of drug-likeness (QED) is 0.755. The summed E-state index contributed by atoms with van der Waals surface area (Å²) in [7, 11) is 0. The van der Waals surface area contributed by atoms with Gasteiger partial charge < -0.3 is 4.74 Å². The van der Waals surface area contributed by atoms with Crippen molar-refractivity contribution in [1.82, 2.24) is 0 Å². The van der Waals surface area contributed by atoms with Crippen molar-refractivity contribution in [2.24, 2.45) is 17.8 Å². The summed E-state index contributed by atoms with van der Waals surface area (Å²) in [6.45, 7) is 6.86. The van der Waals surface area contributed by atoms with Gasteiger partial charge in [0.2, 0.25) is 0 Å². The first-order valence-corrected chi connectivity index (χ1v) is 7.68. The van der Waals surface area contributed by atoms with Crippen molar-refractivity contribution >= 4 is 17.6 Å². The zero-order valence-electron chi connectivity index (χ0n) is 11.4. The maximum Gasteiger partial charge on any atom is 0.160 e. The van der Waals surface area contributed by atoms with E-state index in [4.69, 9.17) is 4.74 Å². The molecule has 1 heterocycles. The molecule has 2 nitrogen and oxygen atoms in total. The third kappa shape index (κ3) is 3.14. The van der Waals surface area contributed by atoms with Crippen LogP contribution in [-0.4, -0.2) is 12.4 Å². The molecule has 100 valence electrons. The first kappa shape index (κ1) is 13.6. The van der Waals surface area contributed by atoms with Crippen LogP contribution < -0.4 is 4.74 Å². The van der Waals surface area contributed by atoms with E-state index in [1.165, 1.54) is 24.2 Å². The van der Waals surface area contributed by atoms with Crippen LogP contribution in [0.4, 0.5) is 0 Å². The van der Waals surface area contributed by atoms with E-state index in [1.54, 1.807) is 0 Å². The summed E-state index contributed by atoms with van der Waals surface area (Å²) in [6.07, 6.45) is 4.90. The summed E-state index contributed by atoms with van der Waals surface area (Å²) >= 11 is 1.46. The number of thiophene rings is 1. The summed E-state index contributed by atoms with van der Waals surface area (Å²) < 4.78 is 6.13. The fourth-order valence-electron chi connectivity index (χ4n) is 2.88. The van der Waals surface area contributed by atoms with Crippen LogP contribution in [0.1, 0.15) is 49.7 Å². The Bertz CT molecular complexity index is 397. The molecular weight excluding hydrogens is 244 g/mol. The van der Waals surface area contributed by atoms with Gasteiger partial charge in [-0.15, -0.1) is 11.3 Å². The number of aldehydes is 1. The molecule has 0 bridgehead atoms. The van der Waals surface area contributed by atoms with Crippen molar-refractivity contribution in [3.05, 3.63) is 16.3 Å². The lowest BCUT2D eigenvalue weighted by molar-refractivity contribution is 0.0463. The molecule has 0 N–H and O–H groups in total. The van der Waals surface area contributed by atoms with Crippen LogP contribution >= 0.6 is 11.3 Å². The molecule has 3 atom stereocenters. The Morgan fingerprint density at radius 1 is 1.44 bits per heavy atom.